The molecule has 1 heterocycles. The van der Waals surface area contributed by atoms with Gasteiger partial charge in [0.2, 0.25) is 0 Å². The number of aromatic amines is 1. The summed E-state index contributed by atoms with van der Waals surface area (Å²) in [5, 5.41) is 7.10. The molecule has 1 aromatic carbocycles. The second kappa shape index (κ2) is 7.52. The standard InChI is InChI=1S/C17H21N3/c1-3-4-12-20(2)14-16-13-18-19-17(16)11-10-15-8-6-5-7-9-15/h5-9,13H,3-4,12,14H2,1-2H3,(H,18,19). The molecule has 0 spiro atoms. The number of nitrogens with one attached hydrogen (secondary N) is 1. The molecule has 0 aliphatic heterocycles. The van der Waals surface area contributed by atoms with Gasteiger partial charge in [0.1, 0.15) is 5.69 Å². The molecular weight excluding hydrogens is 246 g/mol. The Balaban J connectivity index is 2.04. The predicted octanol–water partition coefficient (Wildman–Crippen LogP) is 3.04. The van der Waals surface area contributed by atoms with Gasteiger partial charge in [0.05, 0.1) is 6.20 Å². The van der Waals surface area contributed by atoms with E-state index in [2.05, 4.69) is 40.9 Å². The maximum absolute atomic E-state index is 4.11. The van der Waals surface area contributed by atoms with Crippen molar-refractivity contribution in [3.63, 3.8) is 0 Å². The van der Waals surface area contributed by atoms with Crippen LogP contribution < -0.4 is 0 Å². The zero-order valence-electron chi connectivity index (χ0n) is 12.2. The Morgan fingerprint density at radius 3 is 2.75 bits per heavy atom. The van der Waals surface area contributed by atoms with Crippen LogP contribution >= 0.6 is 0 Å². The molecule has 2 rings (SSSR count). The number of benzene rings is 1. The van der Waals surface area contributed by atoms with E-state index in [9.17, 15) is 0 Å². The fourth-order valence-corrected chi connectivity index (χ4v) is 1.99. The van der Waals surface area contributed by atoms with Crippen molar-refractivity contribution < 1.29 is 0 Å². The van der Waals surface area contributed by atoms with Crippen molar-refractivity contribution in [3.8, 4) is 11.8 Å². The summed E-state index contributed by atoms with van der Waals surface area (Å²) < 4.78 is 0. The van der Waals surface area contributed by atoms with E-state index in [1.165, 1.54) is 12.8 Å². The van der Waals surface area contributed by atoms with Crippen LogP contribution in [0.15, 0.2) is 36.5 Å². The average molecular weight is 267 g/mol. The zero-order valence-corrected chi connectivity index (χ0v) is 12.2. The van der Waals surface area contributed by atoms with Crippen molar-refractivity contribution in [3.05, 3.63) is 53.3 Å². The van der Waals surface area contributed by atoms with Crippen molar-refractivity contribution in [2.75, 3.05) is 13.6 Å². The minimum absolute atomic E-state index is 0.884. The average Bonchev–Trinajstić information content (AvgIpc) is 2.91. The number of aromatic nitrogens is 2. The molecule has 1 aromatic heterocycles. The first-order chi connectivity index (χ1) is 9.79. The van der Waals surface area contributed by atoms with Crippen molar-refractivity contribution in [2.24, 2.45) is 0 Å². The summed E-state index contributed by atoms with van der Waals surface area (Å²) in [6, 6.07) is 10.0. The van der Waals surface area contributed by atoms with Crippen molar-refractivity contribution in [2.45, 2.75) is 26.3 Å². The first-order valence-corrected chi connectivity index (χ1v) is 7.07. The second-order valence-electron chi connectivity index (χ2n) is 4.98. The number of hydrogen-bond acceptors (Lipinski definition) is 2. The van der Waals surface area contributed by atoms with Crippen LogP contribution in [0.1, 0.15) is 36.6 Å². The third-order valence-electron chi connectivity index (χ3n) is 3.16. The molecule has 0 saturated heterocycles. The maximum Gasteiger partial charge on any atom is 0.112 e. The lowest BCUT2D eigenvalue weighted by Gasteiger charge is -2.14. The lowest BCUT2D eigenvalue weighted by molar-refractivity contribution is 0.320. The molecule has 0 aliphatic carbocycles. The van der Waals surface area contributed by atoms with E-state index in [4.69, 9.17) is 0 Å². The van der Waals surface area contributed by atoms with Gasteiger partial charge in [0.15, 0.2) is 0 Å². The molecule has 0 radical (unpaired) electrons. The van der Waals surface area contributed by atoms with E-state index in [1.54, 1.807) is 0 Å². The Morgan fingerprint density at radius 2 is 2.00 bits per heavy atom. The third kappa shape index (κ3) is 4.25. The normalized spacial score (nSPS) is 10.3. The molecule has 1 N–H and O–H groups in total. The highest BCUT2D eigenvalue weighted by molar-refractivity contribution is 5.42. The minimum atomic E-state index is 0.884. The fourth-order valence-electron chi connectivity index (χ4n) is 1.99. The summed E-state index contributed by atoms with van der Waals surface area (Å²) in [7, 11) is 2.14. The van der Waals surface area contributed by atoms with E-state index >= 15 is 0 Å². The molecule has 3 heteroatoms. The summed E-state index contributed by atoms with van der Waals surface area (Å²) in [6.07, 6.45) is 4.31. The quantitative estimate of drug-likeness (QED) is 0.844. The molecule has 3 nitrogen and oxygen atoms in total. The first-order valence-electron chi connectivity index (χ1n) is 7.07. The summed E-state index contributed by atoms with van der Waals surface area (Å²) >= 11 is 0. The summed E-state index contributed by atoms with van der Waals surface area (Å²) in [6.45, 7) is 4.20. The summed E-state index contributed by atoms with van der Waals surface area (Å²) in [4.78, 5) is 2.31. The Hall–Kier alpha value is -2.05. The molecule has 0 fully saturated rings. The monoisotopic (exact) mass is 267 g/mol. The highest BCUT2D eigenvalue weighted by Gasteiger charge is 2.05. The lowest BCUT2D eigenvalue weighted by Crippen LogP contribution is -2.19. The molecule has 2 aromatic rings. The summed E-state index contributed by atoms with van der Waals surface area (Å²) in [5.74, 6) is 6.34. The van der Waals surface area contributed by atoms with Crippen LogP contribution in [-0.2, 0) is 6.54 Å². The van der Waals surface area contributed by atoms with Crippen molar-refractivity contribution in [1.29, 1.82) is 0 Å². The molecule has 0 bridgehead atoms. The van der Waals surface area contributed by atoms with Gasteiger partial charge in [-0.05, 0) is 38.1 Å². The fraction of sp³-hybridized carbons (Fsp3) is 0.353. The van der Waals surface area contributed by atoms with Crippen LogP contribution in [0, 0.1) is 11.8 Å². The van der Waals surface area contributed by atoms with Crippen LogP contribution in [0.25, 0.3) is 0 Å². The third-order valence-corrected chi connectivity index (χ3v) is 3.16. The minimum Gasteiger partial charge on any atom is -0.302 e. The van der Waals surface area contributed by atoms with Crippen molar-refractivity contribution >= 4 is 0 Å². The molecule has 0 unspecified atom stereocenters. The number of H-pyrrole nitrogens is 1. The van der Waals surface area contributed by atoms with Crippen LogP contribution in [0.2, 0.25) is 0 Å². The van der Waals surface area contributed by atoms with Crippen LogP contribution in [0.3, 0.4) is 0 Å². The molecule has 20 heavy (non-hydrogen) atoms. The first kappa shape index (κ1) is 14.4. The maximum atomic E-state index is 4.11. The van der Waals surface area contributed by atoms with Gasteiger partial charge in [0.25, 0.3) is 0 Å². The lowest BCUT2D eigenvalue weighted by atomic mass is 10.2. The highest BCUT2D eigenvalue weighted by Crippen LogP contribution is 2.07. The van der Waals surface area contributed by atoms with E-state index in [0.717, 1.165) is 29.9 Å². The van der Waals surface area contributed by atoms with E-state index in [-0.39, 0.29) is 0 Å². The molecule has 0 amide bonds. The van der Waals surface area contributed by atoms with E-state index < -0.39 is 0 Å². The molecule has 0 saturated carbocycles. The predicted molar refractivity (Wildman–Crippen MR) is 82.3 cm³/mol. The van der Waals surface area contributed by atoms with Crippen LogP contribution in [-0.4, -0.2) is 28.7 Å². The Morgan fingerprint density at radius 1 is 1.20 bits per heavy atom. The number of hydrogen-bond donors (Lipinski definition) is 1. The largest absolute Gasteiger partial charge is 0.302 e. The van der Waals surface area contributed by atoms with Crippen LogP contribution in [0.5, 0.6) is 0 Å². The zero-order chi connectivity index (χ0) is 14.2. The van der Waals surface area contributed by atoms with Gasteiger partial charge in [-0.15, -0.1) is 0 Å². The highest BCUT2D eigenvalue weighted by atomic mass is 15.1. The van der Waals surface area contributed by atoms with Gasteiger partial charge < -0.3 is 4.90 Å². The van der Waals surface area contributed by atoms with Gasteiger partial charge in [-0.25, -0.2) is 0 Å². The topological polar surface area (TPSA) is 31.9 Å². The van der Waals surface area contributed by atoms with Gasteiger partial charge in [-0.2, -0.15) is 5.10 Å². The SMILES string of the molecule is CCCCN(C)Cc1cn[nH]c1C#Cc1ccccc1. The number of unbranched alkanes of at least 4 members (excludes halogenated alkanes) is 1. The number of nitrogens with zero attached hydrogens (tertiary/aromatic N) is 2. The van der Waals surface area contributed by atoms with Crippen molar-refractivity contribution in [1.82, 2.24) is 15.1 Å². The van der Waals surface area contributed by atoms with Gasteiger partial charge >= 0.3 is 0 Å². The Bertz CT molecular complexity index is 575. The van der Waals surface area contributed by atoms with Gasteiger partial charge in [-0.3, -0.25) is 5.10 Å². The van der Waals surface area contributed by atoms with Crippen LogP contribution in [0.4, 0.5) is 0 Å². The van der Waals surface area contributed by atoms with Gasteiger partial charge in [0, 0.05) is 17.7 Å². The second-order valence-corrected chi connectivity index (χ2v) is 4.98. The van der Waals surface area contributed by atoms with E-state index in [0.29, 0.717) is 0 Å². The van der Waals surface area contributed by atoms with Gasteiger partial charge in [-0.1, -0.05) is 37.5 Å². The Labute approximate surface area is 121 Å². The smallest absolute Gasteiger partial charge is 0.112 e. The summed E-state index contributed by atoms with van der Waals surface area (Å²) in [5.41, 5.74) is 3.09. The van der Waals surface area contributed by atoms with E-state index in [1.807, 2.05) is 36.5 Å². The number of rotatable bonds is 5. The molecule has 104 valence electrons. The Kier molecular flexibility index (Phi) is 5.40. The molecule has 0 atom stereocenters. The molecular formula is C17H21N3. The molecule has 0 aliphatic rings.